The topological polar surface area (TPSA) is 0 Å². The number of thioether (sulfide) groups is 1. The van der Waals surface area contributed by atoms with Gasteiger partial charge in [0.2, 0.25) is 0 Å². The molecule has 59 valence electrons. The molecule has 0 unspecified atom stereocenters. The van der Waals surface area contributed by atoms with Gasteiger partial charge in [-0.3, -0.25) is 0 Å². The number of benzene rings is 1. The summed E-state index contributed by atoms with van der Waals surface area (Å²) in [6, 6.07) is 8.30. The number of hydrogen-bond acceptors (Lipinski definition) is 1. The first-order valence-corrected chi connectivity index (χ1v) is 4.97. The van der Waals surface area contributed by atoms with Crippen LogP contribution in [0, 0.1) is 6.92 Å². The minimum Gasteiger partial charge on any atom is -0.157 e. The van der Waals surface area contributed by atoms with Gasteiger partial charge >= 0.3 is 0 Å². The van der Waals surface area contributed by atoms with E-state index >= 15 is 0 Å². The van der Waals surface area contributed by atoms with Crippen LogP contribution in [0.5, 0.6) is 0 Å². The van der Waals surface area contributed by atoms with Gasteiger partial charge in [0.1, 0.15) is 0 Å². The Labute approximate surface area is 73.0 Å². The van der Waals surface area contributed by atoms with Crippen molar-refractivity contribution in [2.45, 2.75) is 12.7 Å². The van der Waals surface area contributed by atoms with Crippen molar-refractivity contribution in [1.82, 2.24) is 0 Å². The molecule has 0 nitrogen and oxygen atoms in total. The molecular weight excluding hydrogens is 152 g/mol. The normalized spacial score (nSPS) is 10.0. The fourth-order valence-electron chi connectivity index (χ4n) is 0.910. The molecule has 0 bridgehead atoms. The van der Waals surface area contributed by atoms with Crippen molar-refractivity contribution < 1.29 is 0 Å². The highest BCUT2D eigenvalue weighted by atomic mass is 32.2. The largest absolute Gasteiger partial charge is 0.157 e. The monoisotopic (exact) mass is 165 g/mol. The lowest BCUT2D eigenvalue weighted by atomic mass is 10.1. The molecule has 0 aliphatic rings. The minimum atomic E-state index is 1.09. The first-order chi connectivity index (χ1) is 5.34. The average molecular weight is 165 g/mol. The van der Waals surface area contributed by atoms with Gasteiger partial charge in [-0.05, 0) is 23.8 Å². The van der Waals surface area contributed by atoms with Crippen LogP contribution in [0.4, 0.5) is 0 Å². The summed E-state index contributed by atoms with van der Waals surface area (Å²) >= 11 is 1.94. The van der Waals surface area contributed by atoms with Gasteiger partial charge in [0.15, 0.2) is 0 Å². The van der Waals surface area contributed by atoms with E-state index in [0.29, 0.717) is 0 Å². The lowest BCUT2D eigenvalue weighted by molar-refractivity contribution is 1.36. The van der Waals surface area contributed by atoms with Gasteiger partial charge in [-0.1, -0.05) is 31.2 Å². The summed E-state index contributed by atoms with van der Waals surface area (Å²) < 4.78 is 0. The van der Waals surface area contributed by atoms with E-state index in [4.69, 9.17) is 0 Å². The predicted octanol–water partition coefficient (Wildman–Crippen LogP) is 3.12. The summed E-state index contributed by atoms with van der Waals surface area (Å²) in [5.41, 5.74) is 2.52. The Morgan fingerprint density at radius 2 is 2.09 bits per heavy atom. The van der Waals surface area contributed by atoms with E-state index in [0.717, 1.165) is 11.3 Å². The second-order valence-corrected chi connectivity index (χ2v) is 3.68. The van der Waals surface area contributed by atoms with Crippen LogP contribution in [0.2, 0.25) is 0 Å². The first-order valence-electron chi connectivity index (χ1n) is 3.82. The maximum atomic E-state index is 3.96. The van der Waals surface area contributed by atoms with Crippen LogP contribution in [-0.2, 0) is 5.75 Å². The second-order valence-electron chi connectivity index (χ2n) is 2.41. The third-order valence-corrected chi connectivity index (χ3v) is 2.50. The Balaban J connectivity index is 2.62. The molecular formula is C10H13S. The van der Waals surface area contributed by atoms with Crippen LogP contribution in [0.15, 0.2) is 24.3 Å². The van der Waals surface area contributed by atoms with E-state index in [9.17, 15) is 0 Å². The van der Waals surface area contributed by atoms with Crippen LogP contribution in [0.1, 0.15) is 18.1 Å². The third-order valence-electron chi connectivity index (χ3n) is 1.58. The van der Waals surface area contributed by atoms with E-state index in [1.54, 1.807) is 0 Å². The lowest BCUT2D eigenvalue weighted by Gasteiger charge is -2.02. The Morgan fingerprint density at radius 1 is 1.36 bits per heavy atom. The van der Waals surface area contributed by atoms with Crippen molar-refractivity contribution in [2.24, 2.45) is 0 Å². The molecule has 0 spiro atoms. The van der Waals surface area contributed by atoms with Gasteiger partial charge in [-0.25, -0.2) is 0 Å². The Kier molecular flexibility index (Phi) is 3.50. The van der Waals surface area contributed by atoms with Crippen molar-refractivity contribution in [3.63, 3.8) is 0 Å². The van der Waals surface area contributed by atoms with Gasteiger partial charge in [-0.2, -0.15) is 11.8 Å². The van der Waals surface area contributed by atoms with Crippen LogP contribution in [0.3, 0.4) is 0 Å². The van der Waals surface area contributed by atoms with Gasteiger partial charge in [-0.15, -0.1) is 0 Å². The van der Waals surface area contributed by atoms with Gasteiger partial charge in [0.25, 0.3) is 0 Å². The molecule has 1 heteroatoms. The van der Waals surface area contributed by atoms with Crippen molar-refractivity contribution in [1.29, 1.82) is 0 Å². The predicted molar refractivity (Wildman–Crippen MR) is 52.7 cm³/mol. The highest BCUT2D eigenvalue weighted by Gasteiger charge is 1.94. The highest BCUT2D eigenvalue weighted by molar-refractivity contribution is 7.98. The van der Waals surface area contributed by atoms with Crippen molar-refractivity contribution >= 4 is 11.8 Å². The highest BCUT2D eigenvalue weighted by Crippen LogP contribution is 2.14. The molecule has 0 amide bonds. The van der Waals surface area contributed by atoms with Crippen molar-refractivity contribution in [2.75, 3.05) is 5.75 Å². The van der Waals surface area contributed by atoms with E-state index < -0.39 is 0 Å². The molecule has 0 aliphatic carbocycles. The smallest absolute Gasteiger partial charge is 0.0187 e. The van der Waals surface area contributed by atoms with E-state index in [-0.39, 0.29) is 0 Å². The van der Waals surface area contributed by atoms with E-state index in [1.807, 2.05) is 17.8 Å². The molecule has 0 N–H and O–H groups in total. The molecule has 0 aromatic heterocycles. The molecule has 1 rings (SSSR count). The third kappa shape index (κ3) is 2.58. The Morgan fingerprint density at radius 3 is 2.73 bits per heavy atom. The molecule has 11 heavy (non-hydrogen) atoms. The zero-order chi connectivity index (χ0) is 8.10. The van der Waals surface area contributed by atoms with Crippen molar-refractivity contribution in [3.05, 3.63) is 42.3 Å². The van der Waals surface area contributed by atoms with E-state index in [2.05, 4.69) is 32.0 Å². The first kappa shape index (κ1) is 8.66. The summed E-state index contributed by atoms with van der Waals surface area (Å²) in [4.78, 5) is 0. The van der Waals surface area contributed by atoms with Crippen LogP contribution < -0.4 is 0 Å². The van der Waals surface area contributed by atoms with Crippen LogP contribution in [0.25, 0.3) is 0 Å². The summed E-state index contributed by atoms with van der Waals surface area (Å²) in [7, 11) is 0. The zero-order valence-electron chi connectivity index (χ0n) is 6.84. The molecule has 1 radical (unpaired) electrons. The van der Waals surface area contributed by atoms with Crippen molar-refractivity contribution in [3.8, 4) is 0 Å². The van der Waals surface area contributed by atoms with Crippen LogP contribution in [-0.4, -0.2) is 5.75 Å². The maximum Gasteiger partial charge on any atom is 0.0187 e. The minimum absolute atomic E-state index is 1.09. The summed E-state index contributed by atoms with van der Waals surface area (Å²) in [6.07, 6.45) is 0. The molecule has 0 saturated carbocycles. The molecule has 0 fully saturated rings. The summed E-state index contributed by atoms with van der Waals surface area (Å²) in [5, 5.41) is 0. The molecule has 1 aromatic carbocycles. The average Bonchev–Trinajstić information content (AvgIpc) is 2.03. The molecule has 1 aromatic rings. The fourth-order valence-corrected chi connectivity index (χ4v) is 1.62. The standard InChI is InChI=1S/C10H13S/c1-3-11-8-10-7-5-4-6-9(10)2/h4-7H,2-3,8H2,1H3. The van der Waals surface area contributed by atoms with Gasteiger partial charge in [0, 0.05) is 5.75 Å². The van der Waals surface area contributed by atoms with Crippen LogP contribution >= 0.6 is 11.8 Å². The molecule has 0 atom stereocenters. The molecule has 0 heterocycles. The fraction of sp³-hybridized carbons (Fsp3) is 0.300. The lowest BCUT2D eigenvalue weighted by Crippen LogP contribution is -1.84. The van der Waals surface area contributed by atoms with E-state index in [1.165, 1.54) is 11.3 Å². The Bertz CT molecular complexity index is 218. The number of rotatable bonds is 3. The van der Waals surface area contributed by atoms with Gasteiger partial charge in [0.05, 0.1) is 0 Å². The molecule has 0 saturated heterocycles. The second kappa shape index (κ2) is 4.45. The zero-order valence-corrected chi connectivity index (χ0v) is 7.66. The summed E-state index contributed by atoms with van der Waals surface area (Å²) in [6.45, 7) is 6.14. The Hall–Kier alpha value is -0.430. The van der Waals surface area contributed by atoms with Gasteiger partial charge < -0.3 is 0 Å². The molecule has 0 aliphatic heterocycles. The summed E-state index contributed by atoms with van der Waals surface area (Å²) in [5.74, 6) is 2.27. The quantitative estimate of drug-likeness (QED) is 0.663. The number of hydrogen-bond donors (Lipinski definition) is 0. The maximum absolute atomic E-state index is 3.96. The SMILES string of the molecule is [CH2]c1ccccc1CSCC.